The molecule has 0 aliphatic rings. The number of carboxylic acids is 1. The quantitative estimate of drug-likeness (QED) is 0.437. The molecule has 0 saturated carbocycles. The molecule has 1 atom stereocenters. The van der Waals surface area contributed by atoms with Crippen LogP contribution in [0.4, 0.5) is 0 Å². The van der Waals surface area contributed by atoms with Gasteiger partial charge in [0.25, 0.3) is 0 Å². The van der Waals surface area contributed by atoms with Crippen LogP contribution in [-0.2, 0) is 19.2 Å². The molecular weight excluding hydrogens is 261 g/mol. The number of hydrogen-bond donors (Lipinski definition) is 4. The minimum Gasteiger partial charge on any atom is -0.480 e. The molecule has 10 heteroatoms. The number of rotatable bonds is 6. The molecule has 0 spiro atoms. The van der Waals surface area contributed by atoms with Crippen LogP contribution >= 0.6 is 7.60 Å². The minimum atomic E-state index is -4.67. The zero-order chi connectivity index (χ0) is 13.2. The van der Waals surface area contributed by atoms with E-state index in [2.05, 4.69) is 0 Å². The molecule has 0 aliphatic heterocycles. The van der Waals surface area contributed by atoms with E-state index < -0.39 is 46.6 Å². The molecule has 0 bridgehead atoms. The van der Waals surface area contributed by atoms with Gasteiger partial charge in [0.1, 0.15) is 5.54 Å². The molecule has 0 aliphatic carbocycles. The Labute approximate surface area is 92.5 Å². The summed E-state index contributed by atoms with van der Waals surface area (Å²) in [5.74, 6) is -2.06. The summed E-state index contributed by atoms with van der Waals surface area (Å²) in [6.07, 6.45) is -0.412. The lowest BCUT2D eigenvalue weighted by atomic mass is 10.0. The standard InChI is InChI=1S/C6H14NO7PS/c1-6(7,5(8)9)2-3-16(13,14)4-15(10,11)12/h2-4,7H2,1H3,(H,8,9)(H2,10,11,12)/t6-/m0/s1. The van der Waals surface area contributed by atoms with Crippen molar-refractivity contribution in [1.82, 2.24) is 0 Å². The molecule has 8 nitrogen and oxygen atoms in total. The molecule has 0 aromatic heterocycles. The van der Waals surface area contributed by atoms with Crippen molar-refractivity contribution in [3.63, 3.8) is 0 Å². The third kappa shape index (κ3) is 6.19. The van der Waals surface area contributed by atoms with Gasteiger partial charge < -0.3 is 20.6 Å². The van der Waals surface area contributed by atoms with E-state index in [9.17, 15) is 17.8 Å². The zero-order valence-corrected chi connectivity index (χ0v) is 10.2. The van der Waals surface area contributed by atoms with Gasteiger partial charge in [-0.1, -0.05) is 0 Å². The summed E-state index contributed by atoms with van der Waals surface area (Å²) in [6, 6.07) is 0. The number of sulfone groups is 1. The zero-order valence-electron chi connectivity index (χ0n) is 8.53. The second kappa shape index (κ2) is 4.80. The van der Waals surface area contributed by atoms with Gasteiger partial charge in [0.05, 0.1) is 5.75 Å². The van der Waals surface area contributed by atoms with Crippen LogP contribution in [0, 0.1) is 0 Å². The van der Waals surface area contributed by atoms with Gasteiger partial charge in [0, 0.05) is 0 Å². The predicted octanol–water partition coefficient (Wildman–Crippen LogP) is -1.27. The highest BCUT2D eigenvalue weighted by Gasteiger charge is 2.32. The Morgan fingerprint density at radius 2 is 1.88 bits per heavy atom. The smallest absolute Gasteiger partial charge is 0.340 e. The second-order valence-corrected chi connectivity index (χ2v) is 7.97. The van der Waals surface area contributed by atoms with Crippen molar-refractivity contribution in [2.45, 2.75) is 18.9 Å². The van der Waals surface area contributed by atoms with Crippen molar-refractivity contribution in [1.29, 1.82) is 0 Å². The number of carboxylic acid groups (broad SMARTS) is 1. The summed E-state index contributed by atoms with van der Waals surface area (Å²) in [7, 11) is -8.68. The van der Waals surface area contributed by atoms with E-state index >= 15 is 0 Å². The molecule has 0 unspecified atom stereocenters. The van der Waals surface area contributed by atoms with E-state index in [0.717, 1.165) is 6.92 Å². The molecule has 16 heavy (non-hydrogen) atoms. The van der Waals surface area contributed by atoms with Gasteiger partial charge >= 0.3 is 13.6 Å². The van der Waals surface area contributed by atoms with Gasteiger partial charge in [-0.2, -0.15) is 0 Å². The third-order valence-electron chi connectivity index (χ3n) is 1.79. The Morgan fingerprint density at radius 1 is 1.44 bits per heavy atom. The summed E-state index contributed by atoms with van der Waals surface area (Å²) in [5, 5.41) is 8.60. The fraction of sp³-hybridized carbons (Fsp3) is 0.833. The molecule has 5 N–H and O–H groups in total. The fourth-order valence-electron chi connectivity index (χ4n) is 0.795. The maximum absolute atomic E-state index is 11.2. The van der Waals surface area contributed by atoms with Gasteiger partial charge in [-0.15, -0.1) is 0 Å². The molecule has 96 valence electrons. The van der Waals surface area contributed by atoms with Crippen molar-refractivity contribution >= 4 is 23.4 Å². The van der Waals surface area contributed by atoms with E-state index in [1.807, 2.05) is 0 Å². The van der Waals surface area contributed by atoms with Crippen LogP contribution in [0.15, 0.2) is 0 Å². The van der Waals surface area contributed by atoms with Crippen molar-refractivity contribution in [3.8, 4) is 0 Å². The summed E-state index contributed by atoms with van der Waals surface area (Å²) in [6.45, 7) is 1.13. The van der Waals surface area contributed by atoms with Crippen LogP contribution in [0.3, 0.4) is 0 Å². The molecule has 0 saturated heterocycles. The Balaban J connectivity index is 4.54. The van der Waals surface area contributed by atoms with Crippen molar-refractivity contribution in [2.24, 2.45) is 5.73 Å². The largest absolute Gasteiger partial charge is 0.480 e. The molecule has 0 rings (SSSR count). The molecule has 0 heterocycles. The van der Waals surface area contributed by atoms with Gasteiger partial charge in [-0.05, 0) is 13.3 Å². The first-order valence-electron chi connectivity index (χ1n) is 4.13. The van der Waals surface area contributed by atoms with Crippen LogP contribution in [-0.4, -0.2) is 46.1 Å². The second-order valence-electron chi connectivity index (χ2n) is 3.71. The molecule has 0 radical (unpaired) electrons. The van der Waals surface area contributed by atoms with E-state index in [4.69, 9.17) is 20.6 Å². The maximum atomic E-state index is 11.2. The minimum absolute atomic E-state index is 0.412. The number of hydrogen-bond acceptors (Lipinski definition) is 5. The summed E-state index contributed by atoms with van der Waals surface area (Å²) in [5.41, 5.74) is 2.24. The molecule has 0 amide bonds. The Bertz CT molecular complexity index is 409. The van der Waals surface area contributed by atoms with Crippen molar-refractivity contribution < 1.29 is 32.7 Å². The van der Waals surface area contributed by atoms with Crippen LogP contribution < -0.4 is 5.73 Å². The maximum Gasteiger partial charge on any atom is 0.340 e. The number of aliphatic carboxylic acids is 1. The van der Waals surface area contributed by atoms with Gasteiger partial charge in [-0.3, -0.25) is 9.36 Å². The van der Waals surface area contributed by atoms with Crippen LogP contribution in [0.1, 0.15) is 13.3 Å². The van der Waals surface area contributed by atoms with Crippen LogP contribution in [0.2, 0.25) is 0 Å². The Hall–Kier alpha value is -0.470. The monoisotopic (exact) mass is 275 g/mol. The normalized spacial score (nSPS) is 16.8. The lowest BCUT2D eigenvalue weighted by Gasteiger charge is -2.18. The van der Waals surface area contributed by atoms with Crippen LogP contribution in [0.5, 0.6) is 0 Å². The number of nitrogens with two attached hydrogens (primary N) is 1. The van der Waals surface area contributed by atoms with Crippen molar-refractivity contribution in [3.05, 3.63) is 0 Å². The first-order chi connectivity index (χ1) is 6.86. The third-order valence-corrected chi connectivity index (χ3v) is 5.53. The highest BCUT2D eigenvalue weighted by molar-refractivity contribution is 7.97. The fourth-order valence-corrected chi connectivity index (χ4v) is 4.10. The van der Waals surface area contributed by atoms with Gasteiger partial charge in [0.15, 0.2) is 15.3 Å². The van der Waals surface area contributed by atoms with Crippen molar-refractivity contribution in [2.75, 3.05) is 11.2 Å². The van der Waals surface area contributed by atoms with Gasteiger partial charge in [-0.25, -0.2) is 8.42 Å². The average molecular weight is 275 g/mol. The molecule has 0 aromatic carbocycles. The van der Waals surface area contributed by atoms with E-state index in [-0.39, 0.29) is 0 Å². The summed E-state index contributed by atoms with van der Waals surface area (Å²) in [4.78, 5) is 27.5. The highest BCUT2D eigenvalue weighted by atomic mass is 32.2. The highest BCUT2D eigenvalue weighted by Crippen LogP contribution is 2.36. The molecule has 0 aromatic rings. The van der Waals surface area contributed by atoms with E-state index in [0.29, 0.717) is 0 Å². The Morgan fingerprint density at radius 3 is 2.19 bits per heavy atom. The van der Waals surface area contributed by atoms with E-state index in [1.165, 1.54) is 0 Å². The summed E-state index contributed by atoms with van der Waals surface area (Å²) >= 11 is 0. The van der Waals surface area contributed by atoms with E-state index in [1.54, 1.807) is 0 Å². The Kier molecular flexibility index (Phi) is 4.66. The summed E-state index contributed by atoms with van der Waals surface area (Å²) < 4.78 is 32.8. The predicted molar refractivity (Wildman–Crippen MR) is 55.5 cm³/mol. The topological polar surface area (TPSA) is 155 Å². The molecule has 0 fully saturated rings. The van der Waals surface area contributed by atoms with Gasteiger partial charge in [0.2, 0.25) is 0 Å². The lowest BCUT2D eigenvalue weighted by molar-refractivity contribution is -0.142. The first-order valence-corrected chi connectivity index (χ1v) is 7.75. The lowest BCUT2D eigenvalue weighted by Crippen LogP contribution is -2.46. The molecular formula is C6H14NO7PS. The van der Waals surface area contributed by atoms with Crippen LogP contribution in [0.25, 0.3) is 0 Å². The SMILES string of the molecule is C[C@](N)(CCS(=O)(=O)CP(=O)(O)O)C(=O)O. The first kappa shape index (κ1) is 15.5. The number of carbonyl (C=O) groups is 1. The average Bonchev–Trinajstić information content (AvgIpc) is 1.96.